The molecule has 2 atom stereocenters. The van der Waals surface area contributed by atoms with Crippen molar-refractivity contribution in [1.29, 1.82) is 0 Å². The van der Waals surface area contributed by atoms with Crippen molar-refractivity contribution >= 4 is 0 Å². The quantitative estimate of drug-likeness (QED) is 0.774. The molecule has 1 aromatic rings. The maximum Gasteiger partial charge on any atom is 0.0929 e. The van der Waals surface area contributed by atoms with Gasteiger partial charge in [0, 0.05) is 0 Å². The van der Waals surface area contributed by atoms with Crippen LogP contribution in [-0.4, -0.2) is 5.11 Å². The number of benzene rings is 1. The molecule has 2 fully saturated rings. The highest BCUT2D eigenvalue weighted by Crippen LogP contribution is 2.50. The fourth-order valence-electron chi connectivity index (χ4n) is 4.45. The van der Waals surface area contributed by atoms with Crippen molar-refractivity contribution in [2.24, 2.45) is 11.3 Å². The van der Waals surface area contributed by atoms with Crippen LogP contribution >= 0.6 is 0 Å². The summed E-state index contributed by atoms with van der Waals surface area (Å²) < 4.78 is 0. The summed E-state index contributed by atoms with van der Waals surface area (Å²) in [4.78, 5) is 0. The highest BCUT2D eigenvalue weighted by Gasteiger charge is 2.46. The molecule has 1 aromatic carbocycles. The standard InChI is InChI=1S/C20H30O/c1-19(2,3)18-12-4-5-13-20(18,21)17-11-7-10-16(14-17)15-8-6-9-15/h7,10-11,14-15,18,21H,4-6,8-9,12-13H2,1-3H3. The zero-order valence-corrected chi connectivity index (χ0v) is 13.9. The van der Waals surface area contributed by atoms with Crippen LogP contribution in [0.2, 0.25) is 0 Å². The molecule has 0 bridgehead atoms. The van der Waals surface area contributed by atoms with Crippen molar-refractivity contribution in [2.45, 2.75) is 77.2 Å². The topological polar surface area (TPSA) is 20.2 Å². The Hall–Kier alpha value is -0.820. The molecule has 2 aliphatic carbocycles. The number of hydrogen-bond donors (Lipinski definition) is 1. The van der Waals surface area contributed by atoms with Gasteiger partial charge in [-0.1, -0.05) is 64.3 Å². The molecule has 3 rings (SSSR count). The van der Waals surface area contributed by atoms with Gasteiger partial charge in [-0.25, -0.2) is 0 Å². The van der Waals surface area contributed by atoms with E-state index in [2.05, 4.69) is 45.0 Å². The third-order valence-electron chi connectivity index (χ3n) is 5.89. The summed E-state index contributed by atoms with van der Waals surface area (Å²) in [5.41, 5.74) is 2.15. The first-order valence-electron chi connectivity index (χ1n) is 8.74. The van der Waals surface area contributed by atoms with Crippen LogP contribution < -0.4 is 0 Å². The molecule has 2 saturated carbocycles. The van der Waals surface area contributed by atoms with Crippen LogP contribution in [0.15, 0.2) is 24.3 Å². The largest absolute Gasteiger partial charge is 0.385 e. The minimum atomic E-state index is -0.629. The zero-order chi connectivity index (χ0) is 15.1. The lowest BCUT2D eigenvalue weighted by atomic mass is 9.61. The van der Waals surface area contributed by atoms with Gasteiger partial charge < -0.3 is 5.11 Å². The molecule has 1 N–H and O–H groups in total. The Kier molecular flexibility index (Phi) is 3.90. The summed E-state index contributed by atoms with van der Waals surface area (Å²) in [5, 5.41) is 11.5. The molecule has 116 valence electrons. The first kappa shape index (κ1) is 15.1. The minimum absolute atomic E-state index is 0.154. The molecule has 21 heavy (non-hydrogen) atoms. The van der Waals surface area contributed by atoms with Crippen LogP contribution in [0.1, 0.15) is 82.8 Å². The molecule has 0 amide bonds. The Morgan fingerprint density at radius 2 is 1.81 bits per heavy atom. The summed E-state index contributed by atoms with van der Waals surface area (Å²) in [7, 11) is 0. The predicted octanol–water partition coefficient (Wildman–Crippen LogP) is 5.38. The van der Waals surface area contributed by atoms with Gasteiger partial charge in [0.15, 0.2) is 0 Å². The van der Waals surface area contributed by atoms with Gasteiger partial charge in [0.05, 0.1) is 5.60 Å². The van der Waals surface area contributed by atoms with Crippen molar-refractivity contribution in [1.82, 2.24) is 0 Å². The third-order valence-corrected chi connectivity index (χ3v) is 5.89. The van der Waals surface area contributed by atoms with Crippen LogP contribution in [0.5, 0.6) is 0 Å². The van der Waals surface area contributed by atoms with Crippen molar-refractivity contribution < 1.29 is 5.11 Å². The average molecular weight is 286 g/mol. The van der Waals surface area contributed by atoms with Crippen LogP contribution in [0.25, 0.3) is 0 Å². The average Bonchev–Trinajstić information content (AvgIpc) is 2.36. The van der Waals surface area contributed by atoms with E-state index in [0.717, 1.165) is 25.2 Å². The van der Waals surface area contributed by atoms with Crippen LogP contribution in [0, 0.1) is 11.3 Å². The molecule has 0 aromatic heterocycles. The summed E-state index contributed by atoms with van der Waals surface area (Å²) in [6, 6.07) is 8.89. The van der Waals surface area contributed by atoms with Crippen molar-refractivity contribution in [3.8, 4) is 0 Å². The third kappa shape index (κ3) is 2.77. The van der Waals surface area contributed by atoms with Crippen LogP contribution in [0.4, 0.5) is 0 Å². The summed E-state index contributed by atoms with van der Waals surface area (Å²) in [6.07, 6.45) is 8.49. The van der Waals surface area contributed by atoms with Crippen LogP contribution in [0.3, 0.4) is 0 Å². The first-order chi connectivity index (χ1) is 9.91. The zero-order valence-electron chi connectivity index (χ0n) is 13.9. The molecule has 0 spiro atoms. The summed E-state index contributed by atoms with van der Waals surface area (Å²) in [5.74, 6) is 1.10. The van der Waals surface area contributed by atoms with Crippen molar-refractivity contribution in [3.63, 3.8) is 0 Å². The molecule has 0 saturated heterocycles. The highest BCUT2D eigenvalue weighted by atomic mass is 16.3. The lowest BCUT2D eigenvalue weighted by molar-refractivity contribution is -0.0960. The maximum absolute atomic E-state index is 11.5. The summed E-state index contributed by atoms with van der Waals surface area (Å²) in [6.45, 7) is 6.84. The second-order valence-electron chi connectivity index (χ2n) is 8.34. The molecular formula is C20H30O. The van der Waals surface area contributed by atoms with Gasteiger partial charge in [0.25, 0.3) is 0 Å². The second-order valence-corrected chi connectivity index (χ2v) is 8.34. The number of hydrogen-bond acceptors (Lipinski definition) is 1. The monoisotopic (exact) mass is 286 g/mol. The van der Waals surface area contributed by atoms with E-state index in [1.807, 2.05) is 0 Å². The molecule has 2 aliphatic rings. The second kappa shape index (κ2) is 5.43. The van der Waals surface area contributed by atoms with E-state index in [4.69, 9.17) is 0 Å². The van der Waals surface area contributed by atoms with Gasteiger partial charge in [-0.15, -0.1) is 0 Å². The Morgan fingerprint density at radius 3 is 2.43 bits per heavy atom. The molecule has 1 nitrogen and oxygen atoms in total. The van der Waals surface area contributed by atoms with Gasteiger partial charge in [-0.05, 0) is 54.1 Å². The SMILES string of the molecule is CC(C)(C)C1CCCCC1(O)c1cccc(C2CCC2)c1. The van der Waals surface area contributed by atoms with E-state index in [1.54, 1.807) is 0 Å². The molecule has 0 heterocycles. The Morgan fingerprint density at radius 1 is 1.05 bits per heavy atom. The van der Waals surface area contributed by atoms with E-state index in [0.29, 0.717) is 5.92 Å². The Bertz CT molecular complexity index is 495. The normalized spacial score (nSPS) is 31.0. The molecule has 2 unspecified atom stereocenters. The van der Waals surface area contributed by atoms with E-state index >= 15 is 0 Å². The molecule has 1 heteroatoms. The fraction of sp³-hybridized carbons (Fsp3) is 0.700. The number of rotatable bonds is 2. The lowest BCUT2D eigenvalue weighted by Crippen LogP contribution is -2.44. The van der Waals surface area contributed by atoms with Crippen molar-refractivity contribution in [2.75, 3.05) is 0 Å². The summed E-state index contributed by atoms with van der Waals surface area (Å²) >= 11 is 0. The van der Waals surface area contributed by atoms with Gasteiger partial charge in [0.2, 0.25) is 0 Å². The van der Waals surface area contributed by atoms with E-state index < -0.39 is 5.60 Å². The number of aliphatic hydroxyl groups is 1. The van der Waals surface area contributed by atoms with E-state index in [9.17, 15) is 5.11 Å². The van der Waals surface area contributed by atoms with Gasteiger partial charge in [-0.3, -0.25) is 0 Å². The Labute approximate surface area is 129 Å². The smallest absolute Gasteiger partial charge is 0.0929 e. The fourth-order valence-corrected chi connectivity index (χ4v) is 4.45. The predicted molar refractivity (Wildman–Crippen MR) is 88.3 cm³/mol. The lowest BCUT2D eigenvalue weighted by Gasteiger charge is -2.47. The van der Waals surface area contributed by atoms with Gasteiger partial charge >= 0.3 is 0 Å². The maximum atomic E-state index is 11.5. The molecular weight excluding hydrogens is 256 g/mol. The van der Waals surface area contributed by atoms with E-state index in [-0.39, 0.29) is 5.41 Å². The van der Waals surface area contributed by atoms with Gasteiger partial charge in [-0.2, -0.15) is 0 Å². The molecule has 0 radical (unpaired) electrons. The van der Waals surface area contributed by atoms with Gasteiger partial charge in [0.1, 0.15) is 0 Å². The molecule has 0 aliphatic heterocycles. The first-order valence-corrected chi connectivity index (χ1v) is 8.74. The Balaban J connectivity index is 1.95. The minimum Gasteiger partial charge on any atom is -0.385 e. The van der Waals surface area contributed by atoms with E-state index in [1.165, 1.54) is 36.8 Å². The van der Waals surface area contributed by atoms with Crippen molar-refractivity contribution in [3.05, 3.63) is 35.4 Å². The van der Waals surface area contributed by atoms with Crippen LogP contribution in [-0.2, 0) is 5.60 Å². The highest BCUT2D eigenvalue weighted by molar-refractivity contribution is 5.32.